The predicted molar refractivity (Wildman–Crippen MR) is 94.8 cm³/mol. The van der Waals surface area contributed by atoms with Gasteiger partial charge in [-0.25, -0.2) is 0 Å². The van der Waals surface area contributed by atoms with Gasteiger partial charge in [0.05, 0.1) is 0 Å². The Morgan fingerprint density at radius 1 is 1.13 bits per heavy atom. The summed E-state index contributed by atoms with van der Waals surface area (Å²) < 4.78 is 0. The second-order valence-electron chi connectivity index (χ2n) is 5.90. The third-order valence-electron chi connectivity index (χ3n) is 4.20. The molecule has 23 heavy (non-hydrogen) atoms. The van der Waals surface area contributed by atoms with Crippen molar-refractivity contribution in [2.24, 2.45) is 0 Å². The Balaban J connectivity index is 1.59. The number of benzene rings is 2. The number of anilines is 2. The molecule has 0 bridgehead atoms. The van der Waals surface area contributed by atoms with Crippen LogP contribution in [0.3, 0.4) is 0 Å². The molecule has 2 aromatic rings. The van der Waals surface area contributed by atoms with Gasteiger partial charge < -0.3 is 15.5 Å². The summed E-state index contributed by atoms with van der Waals surface area (Å²) in [4.78, 5) is 14.1. The van der Waals surface area contributed by atoms with Crippen LogP contribution in [0.4, 0.5) is 11.4 Å². The Morgan fingerprint density at radius 3 is 2.70 bits per heavy atom. The first-order valence-electron chi connectivity index (χ1n) is 8.12. The Labute approximate surface area is 137 Å². The number of hydrogen-bond acceptors (Lipinski definition) is 3. The molecule has 3 rings (SSSR count). The van der Waals surface area contributed by atoms with Crippen LogP contribution in [-0.2, 0) is 17.8 Å². The SMILES string of the molecule is CNCCC(=O)Nc1ccc(CN2CCc3ccccc32)cc1. The van der Waals surface area contributed by atoms with Crippen molar-refractivity contribution < 1.29 is 4.79 Å². The molecule has 0 atom stereocenters. The van der Waals surface area contributed by atoms with E-state index in [9.17, 15) is 4.79 Å². The first kappa shape index (κ1) is 15.6. The Hall–Kier alpha value is -2.33. The number of nitrogens with one attached hydrogen (secondary N) is 2. The minimum atomic E-state index is 0.0422. The normalized spacial score (nSPS) is 13.0. The zero-order valence-corrected chi connectivity index (χ0v) is 13.5. The summed E-state index contributed by atoms with van der Waals surface area (Å²) in [6, 6.07) is 16.7. The van der Waals surface area contributed by atoms with Gasteiger partial charge in [-0.3, -0.25) is 4.79 Å². The average molecular weight is 309 g/mol. The molecule has 4 nitrogen and oxygen atoms in total. The van der Waals surface area contributed by atoms with Crippen molar-refractivity contribution in [1.82, 2.24) is 5.32 Å². The van der Waals surface area contributed by atoms with Crippen LogP contribution in [-0.4, -0.2) is 26.0 Å². The van der Waals surface area contributed by atoms with E-state index >= 15 is 0 Å². The van der Waals surface area contributed by atoms with Crippen LogP contribution in [0.25, 0.3) is 0 Å². The number of rotatable bonds is 6. The molecule has 0 fully saturated rings. The summed E-state index contributed by atoms with van der Waals surface area (Å²) in [5, 5.41) is 5.90. The quantitative estimate of drug-likeness (QED) is 0.862. The van der Waals surface area contributed by atoms with Gasteiger partial charge in [0.25, 0.3) is 0 Å². The lowest BCUT2D eigenvalue weighted by atomic mass is 10.1. The molecule has 2 N–H and O–H groups in total. The molecule has 0 aliphatic carbocycles. The molecular weight excluding hydrogens is 286 g/mol. The maximum absolute atomic E-state index is 11.7. The Kier molecular flexibility index (Phi) is 4.93. The lowest BCUT2D eigenvalue weighted by Gasteiger charge is -2.19. The molecule has 1 aliphatic heterocycles. The van der Waals surface area contributed by atoms with Crippen molar-refractivity contribution in [2.75, 3.05) is 30.4 Å². The third-order valence-corrected chi connectivity index (χ3v) is 4.20. The predicted octanol–water partition coefficient (Wildman–Crippen LogP) is 2.80. The highest BCUT2D eigenvalue weighted by molar-refractivity contribution is 5.90. The first-order chi connectivity index (χ1) is 11.3. The molecule has 0 spiro atoms. The summed E-state index contributed by atoms with van der Waals surface area (Å²) in [6.45, 7) is 2.67. The van der Waals surface area contributed by atoms with Gasteiger partial charge in [-0.2, -0.15) is 0 Å². The van der Waals surface area contributed by atoms with Gasteiger partial charge in [0.1, 0.15) is 0 Å². The maximum Gasteiger partial charge on any atom is 0.225 e. The molecule has 0 saturated carbocycles. The summed E-state index contributed by atoms with van der Waals surface area (Å²) in [5.74, 6) is 0.0422. The number of amides is 1. The van der Waals surface area contributed by atoms with E-state index in [-0.39, 0.29) is 5.91 Å². The zero-order chi connectivity index (χ0) is 16.1. The van der Waals surface area contributed by atoms with Crippen LogP contribution in [0.15, 0.2) is 48.5 Å². The van der Waals surface area contributed by atoms with E-state index in [2.05, 4.69) is 51.9 Å². The van der Waals surface area contributed by atoms with Gasteiger partial charge in [-0.05, 0) is 42.8 Å². The summed E-state index contributed by atoms with van der Waals surface area (Å²) in [5.41, 5.74) is 4.89. The van der Waals surface area contributed by atoms with Crippen molar-refractivity contribution >= 4 is 17.3 Å². The van der Waals surface area contributed by atoms with E-state index in [0.717, 1.165) is 25.2 Å². The van der Waals surface area contributed by atoms with Crippen molar-refractivity contribution in [1.29, 1.82) is 0 Å². The highest BCUT2D eigenvalue weighted by atomic mass is 16.1. The molecule has 1 heterocycles. The lowest BCUT2D eigenvalue weighted by molar-refractivity contribution is -0.116. The van der Waals surface area contributed by atoms with Crippen LogP contribution >= 0.6 is 0 Å². The smallest absolute Gasteiger partial charge is 0.225 e. The minimum Gasteiger partial charge on any atom is -0.367 e. The molecule has 1 aliphatic rings. The highest BCUT2D eigenvalue weighted by Crippen LogP contribution is 2.28. The number of carbonyl (C=O) groups excluding carboxylic acids is 1. The third kappa shape index (κ3) is 3.90. The van der Waals surface area contributed by atoms with Crippen LogP contribution in [0.5, 0.6) is 0 Å². The molecule has 0 aromatic heterocycles. The summed E-state index contributed by atoms with van der Waals surface area (Å²) in [6.07, 6.45) is 1.61. The minimum absolute atomic E-state index is 0.0422. The lowest BCUT2D eigenvalue weighted by Crippen LogP contribution is -2.20. The van der Waals surface area contributed by atoms with E-state index in [1.165, 1.54) is 16.8 Å². The standard InChI is InChI=1S/C19H23N3O/c1-20-12-10-19(23)21-17-8-6-15(7-9-17)14-22-13-11-16-4-2-3-5-18(16)22/h2-9,20H,10-14H2,1H3,(H,21,23). The van der Waals surface area contributed by atoms with E-state index < -0.39 is 0 Å². The fourth-order valence-electron chi connectivity index (χ4n) is 2.95. The van der Waals surface area contributed by atoms with Gasteiger partial charge >= 0.3 is 0 Å². The largest absolute Gasteiger partial charge is 0.367 e. The van der Waals surface area contributed by atoms with E-state index in [1.807, 2.05) is 19.2 Å². The zero-order valence-electron chi connectivity index (χ0n) is 13.5. The fraction of sp³-hybridized carbons (Fsp3) is 0.316. The second-order valence-corrected chi connectivity index (χ2v) is 5.90. The van der Waals surface area contributed by atoms with E-state index in [4.69, 9.17) is 0 Å². The molecule has 0 saturated heterocycles. The van der Waals surface area contributed by atoms with Crippen molar-refractivity contribution in [3.05, 3.63) is 59.7 Å². The van der Waals surface area contributed by atoms with Gasteiger partial charge in [0, 0.05) is 37.4 Å². The van der Waals surface area contributed by atoms with Crippen LogP contribution in [0, 0.1) is 0 Å². The first-order valence-corrected chi connectivity index (χ1v) is 8.12. The molecule has 120 valence electrons. The monoisotopic (exact) mass is 309 g/mol. The number of nitrogens with zero attached hydrogens (tertiary/aromatic N) is 1. The second kappa shape index (κ2) is 7.29. The van der Waals surface area contributed by atoms with Gasteiger partial charge in [-0.15, -0.1) is 0 Å². The average Bonchev–Trinajstić information content (AvgIpc) is 2.98. The topological polar surface area (TPSA) is 44.4 Å². The van der Waals surface area contributed by atoms with Crippen molar-refractivity contribution in [3.63, 3.8) is 0 Å². The highest BCUT2D eigenvalue weighted by Gasteiger charge is 2.18. The van der Waals surface area contributed by atoms with Crippen LogP contribution < -0.4 is 15.5 Å². The molecular formula is C19H23N3O. The summed E-state index contributed by atoms with van der Waals surface area (Å²) >= 11 is 0. The van der Waals surface area contributed by atoms with Gasteiger partial charge in [0.15, 0.2) is 0 Å². The van der Waals surface area contributed by atoms with Crippen LogP contribution in [0.2, 0.25) is 0 Å². The van der Waals surface area contributed by atoms with Crippen molar-refractivity contribution in [3.8, 4) is 0 Å². The Morgan fingerprint density at radius 2 is 1.91 bits per heavy atom. The Bertz CT molecular complexity index is 667. The van der Waals surface area contributed by atoms with Gasteiger partial charge in [0.2, 0.25) is 5.91 Å². The molecule has 0 unspecified atom stereocenters. The fourth-order valence-corrected chi connectivity index (χ4v) is 2.95. The van der Waals surface area contributed by atoms with Gasteiger partial charge in [-0.1, -0.05) is 30.3 Å². The number of hydrogen-bond donors (Lipinski definition) is 2. The van der Waals surface area contributed by atoms with E-state index in [1.54, 1.807) is 0 Å². The number of para-hydroxylation sites is 1. The maximum atomic E-state index is 11.7. The van der Waals surface area contributed by atoms with E-state index in [0.29, 0.717) is 13.0 Å². The number of fused-ring (bicyclic) bond motifs is 1. The van der Waals surface area contributed by atoms with Crippen LogP contribution in [0.1, 0.15) is 17.5 Å². The summed E-state index contributed by atoms with van der Waals surface area (Å²) in [7, 11) is 1.85. The molecule has 2 aromatic carbocycles. The number of carbonyl (C=O) groups is 1. The molecule has 1 amide bonds. The molecule has 4 heteroatoms. The molecule has 0 radical (unpaired) electrons. The van der Waals surface area contributed by atoms with Crippen molar-refractivity contribution in [2.45, 2.75) is 19.4 Å².